The van der Waals surface area contributed by atoms with Gasteiger partial charge in [-0.3, -0.25) is 18.5 Å². The molecule has 2 aliphatic heterocycles. The van der Waals surface area contributed by atoms with Crippen LogP contribution in [0.2, 0.25) is 0 Å². The molecule has 6 aromatic heterocycles. The number of benzene rings is 2. The molecule has 4 unspecified atom stereocenters. The average Bonchev–Trinajstić information content (AvgIpc) is 4.14. The standard InChI is InChI=1S/C45H42F2N16O2/c1-25-17-28(12-15-50-25)62-23-33(42(58-62)64-2)54-45-53-21-32(47)41(57-45)61-22-30(38-27(19-49)8-5-10-36(38)61)39-37(11-6-14-51-39)63-24-34(43(59-63)65-3)55-44-52-20-31(46)40(56-44)60-16-13-29-26(18-48)7-4-9-35(29)60/h4-5,7-10,13,16,20-25,28,37,39,50-51H,6,11-12,14-15,17H2,1-3H3,(H,52,55,56)(H,53,54,57). The third-order valence-electron chi connectivity index (χ3n) is 12.1. The zero-order valence-electron chi connectivity index (χ0n) is 35.5. The van der Waals surface area contributed by atoms with Gasteiger partial charge < -0.3 is 30.7 Å². The lowest BCUT2D eigenvalue weighted by Crippen LogP contribution is -2.36. The Morgan fingerprint density at radius 1 is 0.754 bits per heavy atom. The fraction of sp³-hybridized carbons (Fsp3) is 0.289. The number of fused-ring (bicyclic) bond motifs is 2. The van der Waals surface area contributed by atoms with Gasteiger partial charge in [-0.25, -0.2) is 18.7 Å². The number of aromatic nitrogens is 10. The van der Waals surface area contributed by atoms with Gasteiger partial charge in [-0.1, -0.05) is 12.1 Å². The smallest absolute Gasteiger partial charge is 0.256 e. The van der Waals surface area contributed by atoms with Crippen molar-refractivity contribution in [1.82, 2.24) is 59.3 Å². The molecular weight excluding hydrogens is 835 g/mol. The van der Waals surface area contributed by atoms with Crippen LogP contribution < -0.4 is 30.7 Å². The van der Waals surface area contributed by atoms with Crippen LogP contribution in [-0.2, 0) is 0 Å². The summed E-state index contributed by atoms with van der Waals surface area (Å²) in [6.07, 6.45) is 12.6. The predicted octanol–water partition coefficient (Wildman–Crippen LogP) is 7.05. The van der Waals surface area contributed by atoms with E-state index in [4.69, 9.17) is 14.6 Å². The second kappa shape index (κ2) is 17.0. The summed E-state index contributed by atoms with van der Waals surface area (Å²) in [6.45, 7) is 3.69. The molecule has 0 aliphatic carbocycles. The van der Waals surface area contributed by atoms with E-state index in [2.05, 4.69) is 65.4 Å². The fourth-order valence-corrected chi connectivity index (χ4v) is 9.09. The van der Waals surface area contributed by atoms with E-state index in [1.54, 1.807) is 69.7 Å². The molecule has 2 aromatic carbocycles. The van der Waals surface area contributed by atoms with Crippen molar-refractivity contribution in [3.05, 3.63) is 108 Å². The minimum Gasteiger partial charge on any atom is -0.478 e. The Labute approximate surface area is 370 Å². The van der Waals surface area contributed by atoms with Crippen molar-refractivity contribution in [2.24, 2.45) is 0 Å². The van der Waals surface area contributed by atoms with E-state index >= 15 is 8.78 Å². The summed E-state index contributed by atoms with van der Waals surface area (Å²) < 4.78 is 49.6. The molecule has 2 fully saturated rings. The summed E-state index contributed by atoms with van der Waals surface area (Å²) in [5, 5.41) is 44.3. The minimum atomic E-state index is -0.670. The Kier molecular flexibility index (Phi) is 10.7. The summed E-state index contributed by atoms with van der Waals surface area (Å²) in [7, 11) is 3.03. The topological polar surface area (TPSA) is 211 Å². The number of ether oxygens (including phenoxy) is 2. The summed E-state index contributed by atoms with van der Waals surface area (Å²) in [5.41, 5.74) is 3.75. The minimum absolute atomic E-state index is 0.0126. The Morgan fingerprint density at radius 3 is 2.08 bits per heavy atom. The molecular formula is C45H42F2N16O2. The van der Waals surface area contributed by atoms with Crippen LogP contribution in [-0.4, -0.2) is 82.0 Å². The highest BCUT2D eigenvalue weighted by Crippen LogP contribution is 2.41. The van der Waals surface area contributed by atoms with Gasteiger partial charge in [0.05, 0.1) is 91.4 Å². The molecule has 0 radical (unpaired) electrons. The van der Waals surface area contributed by atoms with Gasteiger partial charge in [0.15, 0.2) is 23.3 Å². The van der Waals surface area contributed by atoms with Gasteiger partial charge >= 0.3 is 0 Å². The molecule has 20 heteroatoms. The molecule has 4 atom stereocenters. The highest BCUT2D eigenvalue weighted by atomic mass is 19.1. The Morgan fingerprint density at radius 2 is 1.40 bits per heavy atom. The number of piperidine rings is 2. The summed E-state index contributed by atoms with van der Waals surface area (Å²) in [5.74, 6) is -0.553. The van der Waals surface area contributed by atoms with Gasteiger partial charge in [0.25, 0.3) is 11.8 Å². The number of rotatable bonds is 11. The lowest BCUT2D eigenvalue weighted by molar-refractivity contribution is 0.261. The quantitative estimate of drug-likeness (QED) is 0.103. The number of anilines is 4. The number of nitriles is 2. The number of hydrogen-bond acceptors (Lipinski definition) is 14. The maximum Gasteiger partial charge on any atom is 0.256 e. The van der Waals surface area contributed by atoms with Gasteiger partial charge in [-0.2, -0.15) is 20.5 Å². The van der Waals surface area contributed by atoms with Crippen LogP contribution in [0.1, 0.15) is 67.4 Å². The maximum atomic E-state index is 16.0. The largest absolute Gasteiger partial charge is 0.478 e. The lowest BCUT2D eigenvalue weighted by Gasteiger charge is -2.32. The molecule has 2 saturated heterocycles. The molecule has 328 valence electrons. The van der Waals surface area contributed by atoms with Gasteiger partial charge in [-0.15, -0.1) is 10.2 Å². The number of halogens is 2. The Bertz CT molecular complexity index is 3180. The van der Waals surface area contributed by atoms with Crippen LogP contribution in [0.15, 0.2) is 79.6 Å². The van der Waals surface area contributed by atoms with Gasteiger partial charge in [0, 0.05) is 29.2 Å². The van der Waals surface area contributed by atoms with Crippen LogP contribution in [0.5, 0.6) is 11.8 Å². The molecule has 4 N–H and O–H groups in total. The summed E-state index contributed by atoms with van der Waals surface area (Å²) >= 11 is 0. The number of nitrogens with zero attached hydrogens (tertiary/aromatic N) is 12. The van der Waals surface area contributed by atoms with Crippen LogP contribution in [0.3, 0.4) is 0 Å². The van der Waals surface area contributed by atoms with E-state index in [1.165, 1.54) is 7.11 Å². The Hall–Kier alpha value is -7.94. The molecule has 0 amide bonds. The van der Waals surface area contributed by atoms with Crippen molar-refractivity contribution in [1.29, 1.82) is 10.5 Å². The SMILES string of the molecule is COc1nn(C2CCNC(C)C2)cc1Nc1ncc(F)c(-n2cc(C3NCCCC3n3cc(Nc4ncc(F)c(-n5ccc6c(C#N)cccc65)n4)c(OC)n3)c3c(C#N)cccc32)n1. The summed E-state index contributed by atoms with van der Waals surface area (Å²) in [4.78, 5) is 17.7. The lowest BCUT2D eigenvalue weighted by atomic mass is 9.91. The maximum absolute atomic E-state index is 16.0. The van der Waals surface area contributed by atoms with Crippen LogP contribution in [0.25, 0.3) is 33.4 Å². The molecule has 8 heterocycles. The zero-order chi connectivity index (χ0) is 44.8. The van der Waals surface area contributed by atoms with E-state index in [1.807, 2.05) is 23.1 Å². The first kappa shape index (κ1) is 41.1. The molecule has 8 aromatic rings. The van der Waals surface area contributed by atoms with Crippen molar-refractivity contribution in [2.45, 2.75) is 56.8 Å². The second-order valence-corrected chi connectivity index (χ2v) is 16.0. The second-order valence-electron chi connectivity index (χ2n) is 16.0. The van der Waals surface area contributed by atoms with Crippen molar-refractivity contribution >= 4 is 45.1 Å². The molecule has 0 spiro atoms. The molecule has 2 aliphatic rings. The van der Waals surface area contributed by atoms with Crippen molar-refractivity contribution < 1.29 is 18.3 Å². The third-order valence-corrected chi connectivity index (χ3v) is 12.1. The monoisotopic (exact) mass is 876 g/mol. The first-order valence-corrected chi connectivity index (χ1v) is 21.1. The van der Waals surface area contributed by atoms with E-state index < -0.39 is 17.7 Å². The van der Waals surface area contributed by atoms with Gasteiger partial charge in [0.2, 0.25) is 11.9 Å². The van der Waals surface area contributed by atoms with Crippen molar-refractivity contribution in [3.8, 4) is 35.5 Å². The highest BCUT2D eigenvalue weighted by molar-refractivity contribution is 5.91. The first-order chi connectivity index (χ1) is 31.7. The van der Waals surface area contributed by atoms with Crippen LogP contribution in [0.4, 0.5) is 32.1 Å². The van der Waals surface area contributed by atoms with E-state index in [9.17, 15) is 10.5 Å². The number of nitrogens with one attached hydrogen (secondary N) is 4. The van der Waals surface area contributed by atoms with Crippen molar-refractivity contribution in [3.63, 3.8) is 0 Å². The highest BCUT2D eigenvalue weighted by Gasteiger charge is 2.34. The van der Waals surface area contributed by atoms with Crippen LogP contribution >= 0.6 is 0 Å². The normalized spacial score (nSPS) is 18.6. The Balaban J connectivity index is 0.982. The summed E-state index contributed by atoms with van der Waals surface area (Å²) in [6, 6.07) is 16.6. The molecule has 18 nitrogen and oxygen atoms in total. The third kappa shape index (κ3) is 7.47. The van der Waals surface area contributed by atoms with E-state index in [0.29, 0.717) is 69.2 Å². The molecule has 10 rings (SSSR count). The first-order valence-electron chi connectivity index (χ1n) is 21.1. The molecule has 65 heavy (non-hydrogen) atoms. The predicted molar refractivity (Wildman–Crippen MR) is 236 cm³/mol. The van der Waals surface area contributed by atoms with Crippen molar-refractivity contribution in [2.75, 3.05) is 37.9 Å². The number of hydrogen-bond donors (Lipinski definition) is 4. The zero-order valence-corrected chi connectivity index (χ0v) is 35.5. The van der Waals surface area contributed by atoms with Gasteiger partial charge in [-0.05, 0) is 81.6 Å². The van der Waals surface area contributed by atoms with E-state index in [0.717, 1.165) is 43.8 Å². The average molecular weight is 877 g/mol. The number of methoxy groups -OCH3 is 2. The van der Waals surface area contributed by atoms with E-state index in [-0.39, 0.29) is 41.5 Å². The molecule has 0 bridgehead atoms. The van der Waals surface area contributed by atoms with Gasteiger partial charge in [0.1, 0.15) is 11.4 Å². The fourth-order valence-electron chi connectivity index (χ4n) is 9.09. The molecule has 0 saturated carbocycles. The van der Waals surface area contributed by atoms with Crippen LogP contribution in [0, 0.1) is 34.3 Å².